The molecule has 0 atom stereocenters. The number of sulfonamides is 1. The molecular weight excluding hydrogens is 360 g/mol. The molecule has 6 nitrogen and oxygen atoms in total. The monoisotopic (exact) mass is 380 g/mol. The fourth-order valence-electron chi connectivity index (χ4n) is 1.66. The van der Waals surface area contributed by atoms with Crippen LogP contribution in [0, 0.1) is 6.92 Å². The molecule has 0 aliphatic rings. The molecule has 120 valence electrons. The van der Waals surface area contributed by atoms with Gasteiger partial charge in [0, 0.05) is 30.4 Å². The highest BCUT2D eigenvalue weighted by molar-refractivity contribution is 9.10. The van der Waals surface area contributed by atoms with E-state index in [2.05, 4.69) is 20.7 Å². The van der Waals surface area contributed by atoms with Crippen LogP contribution in [0.25, 0.3) is 0 Å². The van der Waals surface area contributed by atoms with Crippen molar-refractivity contribution in [2.75, 3.05) is 39.2 Å². The van der Waals surface area contributed by atoms with Gasteiger partial charge in [-0.3, -0.25) is 0 Å². The highest BCUT2D eigenvalue weighted by atomic mass is 79.9. The Balaban J connectivity index is 2.53. The van der Waals surface area contributed by atoms with Crippen LogP contribution in [-0.2, 0) is 19.5 Å². The van der Waals surface area contributed by atoms with Crippen LogP contribution in [0.2, 0.25) is 0 Å². The van der Waals surface area contributed by atoms with E-state index in [-0.39, 0.29) is 4.90 Å². The standard InChI is InChI=1S/C13H21BrN2O4S/c1-10-8-11(14)12(15)9-13(10)21(17,18)16-4-3-5-20-7-6-19-2/h8-9,16H,3-7,15H2,1-2H3. The summed E-state index contributed by atoms with van der Waals surface area (Å²) in [4.78, 5) is 0.198. The highest BCUT2D eigenvalue weighted by Crippen LogP contribution is 2.26. The summed E-state index contributed by atoms with van der Waals surface area (Å²) in [5, 5.41) is 0. The second kappa shape index (κ2) is 8.70. The van der Waals surface area contributed by atoms with Crippen molar-refractivity contribution in [2.24, 2.45) is 0 Å². The first-order chi connectivity index (χ1) is 9.88. The summed E-state index contributed by atoms with van der Waals surface area (Å²) in [5.74, 6) is 0. The number of methoxy groups -OCH3 is 1. The molecule has 1 aromatic carbocycles. The first-order valence-electron chi connectivity index (χ1n) is 6.50. The van der Waals surface area contributed by atoms with E-state index in [4.69, 9.17) is 15.2 Å². The van der Waals surface area contributed by atoms with Crippen molar-refractivity contribution in [1.29, 1.82) is 0 Å². The minimum Gasteiger partial charge on any atom is -0.398 e. The number of nitrogen functional groups attached to an aromatic ring is 1. The lowest BCUT2D eigenvalue weighted by atomic mass is 10.2. The van der Waals surface area contributed by atoms with Crippen molar-refractivity contribution in [3.8, 4) is 0 Å². The zero-order valence-electron chi connectivity index (χ0n) is 12.2. The first-order valence-corrected chi connectivity index (χ1v) is 8.78. The Kier molecular flexibility index (Phi) is 7.61. The van der Waals surface area contributed by atoms with E-state index in [1.807, 2.05) is 0 Å². The van der Waals surface area contributed by atoms with Crippen LogP contribution in [0.1, 0.15) is 12.0 Å². The molecule has 21 heavy (non-hydrogen) atoms. The maximum absolute atomic E-state index is 12.2. The van der Waals surface area contributed by atoms with Crippen LogP contribution >= 0.6 is 15.9 Å². The number of halogens is 1. The average molecular weight is 381 g/mol. The Hall–Kier alpha value is -0.670. The van der Waals surface area contributed by atoms with Gasteiger partial charge in [0.15, 0.2) is 0 Å². The van der Waals surface area contributed by atoms with Gasteiger partial charge in [-0.2, -0.15) is 0 Å². The van der Waals surface area contributed by atoms with Crippen LogP contribution in [-0.4, -0.2) is 41.9 Å². The molecule has 0 unspecified atom stereocenters. The topological polar surface area (TPSA) is 90.6 Å². The molecule has 0 radical (unpaired) electrons. The Morgan fingerprint density at radius 3 is 2.67 bits per heavy atom. The van der Waals surface area contributed by atoms with Gasteiger partial charge in [-0.05, 0) is 47.0 Å². The van der Waals surface area contributed by atoms with Crippen molar-refractivity contribution in [3.05, 3.63) is 22.2 Å². The third kappa shape index (κ3) is 5.91. The Labute approximate surface area is 134 Å². The predicted molar refractivity (Wildman–Crippen MR) is 85.8 cm³/mol. The number of aryl methyl sites for hydroxylation is 1. The van der Waals surface area contributed by atoms with Crippen molar-refractivity contribution >= 4 is 31.6 Å². The summed E-state index contributed by atoms with van der Waals surface area (Å²) in [6, 6.07) is 3.15. The lowest BCUT2D eigenvalue weighted by molar-refractivity contribution is 0.0699. The fourth-order valence-corrected chi connectivity index (χ4v) is 3.45. The molecule has 0 saturated carbocycles. The summed E-state index contributed by atoms with van der Waals surface area (Å²) in [6.45, 7) is 3.55. The van der Waals surface area contributed by atoms with Crippen LogP contribution < -0.4 is 10.5 Å². The lowest BCUT2D eigenvalue weighted by Gasteiger charge is -2.11. The number of anilines is 1. The largest absolute Gasteiger partial charge is 0.398 e. The third-order valence-electron chi connectivity index (χ3n) is 2.77. The number of ether oxygens (including phenoxy) is 2. The number of rotatable bonds is 9. The molecule has 0 aliphatic carbocycles. The molecule has 1 rings (SSSR count). The zero-order chi connectivity index (χ0) is 15.9. The highest BCUT2D eigenvalue weighted by Gasteiger charge is 2.17. The van der Waals surface area contributed by atoms with E-state index in [1.54, 1.807) is 20.1 Å². The molecule has 0 heterocycles. The van der Waals surface area contributed by atoms with Gasteiger partial charge in [0.05, 0.1) is 18.1 Å². The molecule has 8 heteroatoms. The van der Waals surface area contributed by atoms with Gasteiger partial charge in [-0.1, -0.05) is 0 Å². The normalized spacial score (nSPS) is 11.8. The number of hydrogen-bond acceptors (Lipinski definition) is 5. The summed E-state index contributed by atoms with van der Waals surface area (Å²) in [5.41, 5.74) is 6.77. The number of benzene rings is 1. The lowest BCUT2D eigenvalue weighted by Crippen LogP contribution is -2.26. The Morgan fingerprint density at radius 2 is 2.00 bits per heavy atom. The molecule has 0 aliphatic heterocycles. The second-order valence-electron chi connectivity index (χ2n) is 4.50. The van der Waals surface area contributed by atoms with Gasteiger partial charge in [-0.15, -0.1) is 0 Å². The van der Waals surface area contributed by atoms with Gasteiger partial charge in [-0.25, -0.2) is 13.1 Å². The van der Waals surface area contributed by atoms with E-state index in [9.17, 15) is 8.42 Å². The molecule has 0 aromatic heterocycles. The van der Waals surface area contributed by atoms with Gasteiger partial charge in [0.25, 0.3) is 0 Å². The maximum Gasteiger partial charge on any atom is 0.240 e. The molecule has 3 N–H and O–H groups in total. The first kappa shape index (κ1) is 18.4. The smallest absolute Gasteiger partial charge is 0.240 e. The van der Waals surface area contributed by atoms with E-state index < -0.39 is 10.0 Å². The Morgan fingerprint density at radius 1 is 1.29 bits per heavy atom. The SMILES string of the molecule is COCCOCCCNS(=O)(=O)c1cc(N)c(Br)cc1C. The second-order valence-corrected chi connectivity index (χ2v) is 7.09. The number of hydrogen-bond donors (Lipinski definition) is 2. The van der Waals surface area contributed by atoms with E-state index in [0.29, 0.717) is 48.5 Å². The van der Waals surface area contributed by atoms with Crippen molar-refractivity contribution in [2.45, 2.75) is 18.2 Å². The zero-order valence-corrected chi connectivity index (χ0v) is 14.6. The quantitative estimate of drug-likeness (QED) is 0.502. The van der Waals surface area contributed by atoms with Crippen LogP contribution in [0.3, 0.4) is 0 Å². The number of nitrogens with two attached hydrogens (primary N) is 1. The van der Waals surface area contributed by atoms with Crippen molar-refractivity contribution in [3.63, 3.8) is 0 Å². The molecule has 0 fully saturated rings. The fraction of sp³-hybridized carbons (Fsp3) is 0.538. The van der Waals surface area contributed by atoms with E-state index in [1.165, 1.54) is 6.07 Å². The third-order valence-corrected chi connectivity index (χ3v) is 5.06. The van der Waals surface area contributed by atoms with Gasteiger partial charge >= 0.3 is 0 Å². The molecule has 0 amide bonds. The molecular formula is C13H21BrN2O4S. The Bertz CT molecular complexity index is 564. The van der Waals surface area contributed by atoms with Crippen LogP contribution in [0.4, 0.5) is 5.69 Å². The molecule has 1 aromatic rings. The van der Waals surface area contributed by atoms with Crippen LogP contribution in [0.5, 0.6) is 0 Å². The summed E-state index contributed by atoms with van der Waals surface area (Å²) >= 11 is 3.27. The summed E-state index contributed by atoms with van der Waals surface area (Å²) in [6.07, 6.45) is 0.591. The maximum atomic E-state index is 12.2. The summed E-state index contributed by atoms with van der Waals surface area (Å²) < 4.78 is 37.8. The predicted octanol–water partition coefficient (Wildman–Crippen LogP) is 1.67. The average Bonchev–Trinajstić information content (AvgIpc) is 2.41. The minimum absolute atomic E-state index is 0.198. The van der Waals surface area contributed by atoms with E-state index >= 15 is 0 Å². The van der Waals surface area contributed by atoms with Crippen molar-refractivity contribution in [1.82, 2.24) is 4.72 Å². The molecule has 0 saturated heterocycles. The molecule has 0 bridgehead atoms. The molecule has 0 spiro atoms. The van der Waals surface area contributed by atoms with E-state index in [0.717, 1.165) is 0 Å². The number of nitrogens with one attached hydrogen (secondary N) is 1. The van der Waals surface area contributed by atoms with Gasteiger partial charge in [0.2, 0.25) is 10.0 Å². The van der Waals surface area contributed by atoms with Crippen LogP contribution in [0.15, 0.2) is 21.5 Å². The van der Waals surface area contributed by atoms with Crippen molar-refractivity contribution < 1.29 is 17.9 Å². The van der Waals surface area contributed by atoms with Gasteiger partial charge < -0.3 is 15.2 Å². The van der Waals surface area contributed by atoms with Gasteiger partial charge in [0.1, 0.15) is 0 Å². The summed E-state index contributed by atoms with van der Waals surface area (Å²) in [7, 11) is -1.96. The minimum atomic E-state index is -3.56.